The number of hydrogen-bond acceptors (Lipinski definition) is 5. The highest BCUT2D eigenvalue weighted by atomic mass is 16.6. The first-order chi connectivity index (χ1) is 14.4. The van der Waals surface area contributed by atoms with Crippen LogP contribution < -0.4 is 0 Å². The molecule has 1 amide bonds. The molecule has 1 atom stereocenters. The van der Waals surface area contributed by atoms with E-state index in [2.05, 4.69) is 9.97 Å². The summed E-state index contributed by atoms with van der Waals surface area (Å²) >= 11 is 0. The lowest BCUT2D eigenvalue weighted by Crippen LogP contribution is -2.45. The number of nitrogens with zero attached hydrogens (tertiary/aromatic N) is 5. The molecule has 8 nitrogen and oxygen atoms in total. The molecule has 5 rings (SSSR count). The highest BCUT2D eigenvalue weighted by Crippen LogP contribution is 2.43. The molecule has 3 aromatic heterocycles. The Hall–Kier alpha value is -3.16. The van der Waals surface area contributed by atoms with Gasteiger partial charge in [-0.1, -0.05) is 6.07 Å². The third-order valence-electron chi connectivity index (χ3n) is 6.45. The van der Waals surface area contributed by atoms with Gasteiger partial charge in [0.1, 0.15) is 17.4 Å². The van der Waals surface area contributed by atoms with Crippen LogP contribution in [0.3, 0.4) is 0 Å². The summed E-state index contributed by atoms with van der Waals surface area (Å²) in [6.45, 7) is 5.58. The Morgan fingerprint density at radius 1 is 1.27 bits per heavy atom. The fraction of sp³-hybridized carbons (Fsp3) is 0.455. The quantitative estimate of drug-likeness (QED) is 0.623. The van der Waals surface area contributed by atoms with Crippen LogP contribution in [0.2, 0.25) is 0 Å². The Balaban J connectivity index is 1.30. The van der Waals surface area contributed by atoms with Crippen molar-refractivity contribution in [1.82, 2.24) is 23.8 Å². The SMILES string of the molecule is Cc1ccc2nc(C)c(C(=O)N3CCC4(CC3)CC(Cn3ccnc3)OC4=O)n2c1. The number of aryl methyl sites for hydroxylation is 2. The van der Waals surface area contributed by atoms with Crippen molar-refractivity contribution in [3.63, 3.8) is 0 Å². The molecule has 0 radical (unpaired) electrons. The lowest BCUT2D eigenvalue weighted by atomic mass is 9.76. The maximum Gasteiger partial charge on any atom is 0.312 e. The average molecular weight is 407 g/mol. The predicted octanol–water partition coefficient (Wildman–Crippen LogP) is 2.39. The Bertz CT molecular complexity index is 1110. The maximum atomic E-state index is 13.3. The van der Waals surface area contributed by atoms with E-state index in [1.54, 1.807) is 12.5 Å². The van der Waals surface area contributed by atoms with Crippen LogP contribution in [0.4, 0.5) is 0 Å². The number of rotatable bonds is 3. The van der Waals surface area contributed by atoms with E-state index in [0.717, 1.165) is 16.9 Å². The van der Waals surface area contributed by atoms with Crippen LogP contribution in [-0.2, 0) is 16.1 Å². The van der Waals surface area contributed by atoms with Gasteiger partial charge in [0.05, 0.1) is 24.0 Å². The second-order valence-electron chi connectivity index (χ2n) is 8.54. The number of carbonyl (C=O) groups excluding carboxylic acids is 2. The van der Waals surface area contributed by atoms with Crippen molar-refractivity contribution in [2.45, 2.75) is 45.8 Å². The highest BCUT2D eigenvalue weighted by molar-refractivity contribution is 5.95. The molecule has 1 spiro atoms. The minimum atomic E-state index is -0.479. The highest BCUT2D eigenvalue weighted by Gasteiger charge is 2.51. The number of imidazole rings is 2. The molecule has 2 fully saturated rings. The molecule has 0 N–H and O–H groups in total. The van der Waals surface area contributed by atoms with E-state index in [1.807, 2.05) is 52.2 Å². The molecule has 1 unspecified atom stereocenters. The van der Waals surface area contributed by atoms with Crippen LogP contribution in [0.25, 0.3) is 5.65 Å². The topological polar surface area (TPSA) is 81.7 Å². The number of fused-ring (bicyclic) bond motifs is 1. The van der Waals surface area contributed by atoms with E-state index in [9.17, 15) is 9.59 Å². The van der Waals surface area contributed by atoms with Gasteiger partial charge < -0.3 is 14.2 Å². The molecule has 0 aromatic carbocycles. The summed E-state index contributed by atoms with van der Waals surface area (Å²) in [4.78, 5) is 36.4. The molecular weight excluding hydrogens is 382 g/mol. The lowest BCUT2D eigenvalue weighted by Gasteiger charge is -2.36. The molecule has 0 bridgehead atoms. The van der Waals surface area contributed by atoms with Gasteiger partial charge in [-0.3, -0.25) is 14.0 Å². The summed E-state index contributed by atoms with van der Waals surface area (Å²) in [6, 6.07) is 3.92. The van der Waals surface area contributed by atoms with Gasteiger partial charge >= 0.3 is 5.97 Å². The van der Waals surface area contributed by atoms with E-state index in [4.69, 9.17) is 4.74 Å². The molecule has 156 valence electrons. The number of pyridine rings is 1. The van der Waals surface area contributed by atoms with Gasteiger partial charge in [0.2, 0.25) is 0 Å². The number of likely N-dealkylation sites (tertiary alicyclic amines) is 1. The second kappa shape index (κ2) is 6.97. The van der Waals surface area contributed by atoms with E-state index in [-0.39, 0.29) is 18.0 Å². The molecular formula is C22H25N5O3. The van der Waals surface area contributed by atoms with Gasteiger partial charge in [0, 0.05) is 38.1 Å². The standard InChI is InChI=1S/C22H25N5O3/c1-15-3-4-18-24-16(2)19(27(18)12-15)20(28)26-8-5-22(6-9-26)11-17(30-21(22)29)13-25-10-7-23-14-25/h3-4,7,10,12,14,17H,5-6,8-9,11,13H2,1-2H3. The fourth-order valence-electron chi connectivity index (χ4n) is 4.79. The molecule has 30 heavy (non-hydrogen) atoms. The first-order valence-electron chi connectivity index (χ1n) is 10.4. The van der Waals surface area contributed by atoms with Crippen molar-refractivity contribution in [2.24, 2.45) is 5.41 Å². The third kappa shape index (κ3) is 3.07. The number of cyclic esters (lactones) is 1. The van der Waals surface area contributed by atoms with Crippen molar-refractivity contribution in [1.29, 1.82) is 0 Å². The van der Waals surface area contributed by atoms with Gasteiger partial charge in [-0.25, -0.2) is 9.97 Å². The second-order valence-corrected chi connectivity index (χ2v) is 8.54. The van der Waals surface area contributed by atoms with Crippen LogP contribution in [0.5, 0.6) is 0 Å². The number of amides is 1. The third-order valence-corrected chi connectivity index (χ3v) is 6.45. The molecule has 3 aromatic rings. The zero-order valence-corrected chi connectivity index (χ0v) is 17.2. The zero-order valence-electron chi connectivity index (χ0n) is 17.2. The summed E-state index contributed by atoms with van der Waals surface area (Å²) in [5.74, 6) is -0.150. The minimum Gasteiger partial charge on any atom is -0.460 e. The van der Waals surface area contributed by atoms with Crippen LogP contribution in [0, 0.1) is 19.3 Å². The summed E-state index contributed by atoms with van der Waals surface area (Å²) < 4.78 is 9.49. The first-order valence-corrected chi connectivity index (χ1v) is 10.4. The van der Waals surface area contributed by atoms with Crippen LogP contribution in [0.15, 0.2) is 37.1 Å². The van der Waals surface area contributed by atoms with E-state index in [0.29, 0.717) is 44.6 Å². The van der Waals surface area contributed by atoms with Crippen molar-refractivity contribution in [2.75, 3.05) is 13.1 Å². The van der Waals surface area contributed by atoms with Gasteiger partial charge in [0.15, 0.2) is 0 Å². The normalized spacial score (nSPS) is 20.8. The summed E-state index contributed by atoms with van der Waals surface area (Å²) in [6.07, 6.45) is 9.10. The number of carbonyl (C=O) groups is 2. The Kier molecular flexibility index (Phi) is 4.38. The molecule has 0 aliphatic carbocycles. The Morgan fingerprint density at radius 2 is 2.07 bits per heavy atom. The monoisotopic (exact) mass is 407 g/mol. The number of ether oxygens (including phenoxy) is 1. The van der Waals surface area contributed by atoms with E-state index in [1.165, 1.54) is 0 Å². The molecule has 0 saturated carbocycles. The summed E-state index contributed by atoms with van der Waals surface area (Å²) in [5, 5.41) is 0. The van der Waals surface area contributed by atoms with Gasteiger partial charge in [-0.2, -0.15) is 0 Å². The molecule has 2 saturated heterocycles. The average Bonchev–Trinajstić information content (AvgIpc) is 3.41. The summed E-state index contributed by atoms with van der Waals surface area (Å²) in [7, 11) is 0. The smallest absolute Gasteiger partial charge is 0.312 e. The van der Waals surface area contributed by atoms with Crippen molar-refractivity contribution >= 4 is 17.5 Å². The fourth-order valence-corrected chi connectivity index (χ4v) is 4.79. The van der Waals surface area contributed by atoms with Crippen molar-refractivity contribution in [3.8, 4) is 0 Å². The lowest BCUT2D eigenvalue weighted by molar-refractivity contribution is -0.150. The van der Waals surface area contributed by atoms with Crippen LogP contribution in [-0.4, -0.2) is 54.9 Å². The Labute approximate surface area is 174 Å². The molecule has 2 aliphatic heterocycles. The molecule has 8 heteroatoms. The van der Waals surface area contributed by atoms with Crippen molar-refractivity contribution < 1.29 is 14.3 Å². The van der Waals surface area contributed by atoms with Crippen LogP contribution >= 0.6 is 0 Å². The first kappa shape index (κ1) is 18.8. The zero-order chi connectivity index (χ0) is 20.9. The van der Waals surface area contributed by atoms with Crippen LogP contribution in [0.1, 0.15) is 41.0 Å². The number of piperidine rings is 1. The predicted molar refractivity (Wildman–Crippen MR) is 109 cm³/mol. The van der Waals surface area contributed by atoms with Gasteiger partial charge in [-0.15, -0.1) is 0 Å². The van der Waals surface area contributed by atoms with Crippen molar-refractivity contribution in [3.05, 3.63) is 54.0 Å². The maximum absolute atomic E-state index is 13.3. The Morgan fingerprint density at radius 3 is 2.80 bits per heavy atom. The van der Waals surface area contributed by atoms with E-state index >= 15 is 0 Å². The molecule has 5 heterocycles. The van der Waals surface area contributed by atoms with Gasteiger partial charge in [0.25, 0.3) is 5.91 Å². The molecule has 2 aliphatic rings. The summed E-state index contributed by atoms with van der Waals surface area (Å²) in [5.41, 5.74) is 2.71. The van der Waals surface area contributed by atoms with Gasteiger partial charge in [-0.05, 0) is 38.3 Å². The minimum absolute atomic E-state index is 0.0261. The van der Waals surface area contributed by atoms with E-state index < -0.39 is 5.41 Å². The number of esters is 1. The largest absolute Gasteiger partial charge is 0.460 e. The number of aromatic nitrogens is 4. The number of hydrogen-bond donors (Lipinski definition) is 0.